The molecule has 0 spiro atoms. The van der Waals surface area contributed by atoms with E-state index in [1.807, 2.05) is 23.1 Å². The number of carboxylic acid groups (broad SMARTS) is 1. The van der Waals surface area contributed by atoms with Gasteiger partial charge in [0.1, 0.15) is 16.7 Å². The highest BCUT2D eigenvalue weighted by molar-refractivity contribution is 7.14. The lowest BCUT2D eigenvalue weighted by Crippen LogP contribution is -2.54. The number of thiophene rings is 1. The number of amides is 1. The van der Waals surface area contributed by atoms with E-state index < -0.39 is 5.97 Å². The lowest BCUT2D eigenvalue weighted by molar-refractivity contribution is -0.124. The number of pyridine rings is 1. The van der Waals surface area contributed by atoms with Crippen LogP contribution in [0.5, 0.6) is 5.75 Å². The fourth-order valence-electron chi connectivity index (χ4n) is 4.74. The second kappa shape index (κ2) is 9.45. The monoisotopic (exact) mass is 470 g/mol. The van der Waals surface area contributed by atoms with Crippen LogP contribution in [0, 0.1) is 11.8 Å². The summed E-state index contributed by atoms with van der Waals surface area (Å²) in [6.07, 6.45) is 8.60. The third-order valence-corrected chi connectivity index (χ3v) is 8.42. The summed E-state index contributed by atoms with van der Waals surface area (Å²) in [5.74, 6) is 0.429. The standard InChI is InChI=1S/C26H34N2O4S/c1-16-7-9-17(10-8-16)24(29)28(18-12-20(13-18)32-19-6-5-11-27-15-19)21-14-22(26(2,3)4)33-23(21)25(30)31/h5-6,11,14-18,20H,7-10,12-13H2,1-4H3,(H,30,31). The number of rotatable bonds is 6. The van der Waals surface area contributed by atoms with Crippen molar-refractivity contribution in [3.63, 3.8) is 0 Å². The van der Waals surface area contributed by atoms with Crippen molar-refractivity contribution in [3.05, 3.63) is 40.3 Å². The first-order valence-electron chi connectivity index (χ1n) is 11.9. The Labute approximate surface area is 200 Å². The van der Waals surface area contributed by atoms with Gasteiger partial charge in [0, 0.05) is 35.9 Å². The van der Waals surface area contributed by atoms with Crippen molar-refractivity contribution in [2.24, 2.45) is 11.8 Å². The van der Waals surface area contributed by atoms with Gasteiger partial charge >= 0.3 is 5.97 Å². The number of nitrogens with zero attached hydrogens (tertiary/aromatic N) is 2. The second-order valence-electron chi connectivity index (χ2n) is 10.6. The maximum Gasteiger partial charge on any atom is 0.348 e. The van der Waals surface area contributed by atoms with Crippen molar-refractivity contribution in [1.29, 1.82) is 0 Å². The SMILES string of the molecule is CC1CCC(C(=O)N(c2cc(C(C)(C)C)sc2C(=O)O)C2CC(Oc3cccnc3)C2)CC1. The minimum Gasteiger partial charge on any atom is -0.489 e. The molecular formula is C26H34N2O4S. The topological polar surface area (TPSA) is 79.7 Å². The highest BCUT2D eigenvalue weighted by Crippen LogP contribution is 2.43. The largest absolute Gasteiger partial charge is 0.489 e. The Balaban J connectivity index is 1.61. The summed E-state index contributed by atoms with van der Waals surface area (Å²) < 4.78 is 6.03. The van der Waals surface area contributed by atoms with Gasteiger partial charge in [-0.05, 0) is 55.2 Å². The summed E-state index contributed by atoms with van der Waals surface area (Å²) in [5, 5.41) is 9.98. The molecule has 178 valence electrons. The number of anilines is 1. The molecule has 6 nitrogen and oxygen atoms in total. The van der Waals surface area contributed by atoms with Crippen molar-refractivity contribution < 1.29 is 19.4 Å². The van der Waals surface area contributed by atoms with Gasteiger partial charge in [-0.1, -0.05) is 27.7 Å². The Morgan fingerprint density at radius 2 is 1.88 bits per heavy atom. The van der Waals surface area contributed by atoms with Gasteiger partial charge in [-0.3, -0.25) is 9.78 Å². The van der Waals surface area contributed by atoms with Crippen LogP contribution < -0.4 is 9.64 Å². The fraction of sp³-hybridized carbons (Fsp3) is 0.577. The molecular weight excluding hydrogens is 436 g/mol. The van der Waals surface area contributed by atoms with Crippen molar-refractivity contribution in [3.8, 4) is 5.75 Å². The number of aromatic nitrogens is 1. The van der Waals surface area contributed by atoms with Gasteiger partial charge in [-0.25, -0.2) is 4.79 Å². The number of ether oxygens (including phenoxy) is 1. The molecule has 2 saturated carbocycles. The molecule has 0 aromatic carbocycles. The molecule has 0 atom stereocenters. The Bertz CT molecular complexity index is 983. The highest BCUT2D eigenvalue weighted by Gasteiger charge is 2.43. The van der Waals surface area contributed by atoms with E-state index in [1.165, 1.54) is 11.3 Å². The molecule has 0 aliphatic heterocycles. The van der Waals surface area contributed by atoms with Gasteiger partial charge in [-0.15, -0.1) is 11.3 Å². The summed E-state index contributed by atoms with van der Waals surface area (Å²) >= 11 is 1.29. The smallest absolute Gasteiger partial charge is 0.348 e. The third-order valence-electron chi connectivity index (χ3n) is 6.88. The maximum absolute atomic E-state index is 13.8. The summed E-state index contributed by atoms with van der Waals surface area (Å²) in [6.45, 7) is 8.46. The molecule has 2 aliphatic carbocycles. The number of hydrogen-bond acceptors (Lipinski definition) is 5. The van der Waals surface area contributed by atoms with Crippen LogP contribution in [0.4, 0.5) is 5.69 Å². The van der Waals surface area contributed by atoms with Crippen LogP contribution >= 0.6 is 11.3 Å². The van der Waals surface area contributed by atoms with Crippen LogP contribution in [0.15, 0.2) is 30.6 Å². The number of aromatic carboxylic acids is 1. The first-order valence-corrected chi connectivity index (χ1v) is 12.7. The van der Waals surface area contributed by atoms with E-state index >= 15 is 0 Å². The summed E-state index contributed by atoms with van der Waals surface area (Å²) in [4.78, 5) is 33.2. The molecule has 2 aliphatic rings. The van der Waals surface area contributed by atoms with Gasteiger partial charge in [0.2, 0.25) is 5.91 Å². The third kappa shape index (κ3) is 5.24. The number of carbonyl (C=O) groups is 2. The Morgan fingerprint density at radius 3 is 2.45 bits per heavy atom. The average Bonchev–Trinajstić information content (AvgIpc) is 3.19. The molecule has 1 N–H and O–H groups in total. The van der Waals surface area contributed by atoms with Crippen LogP contribution in [0.25, 0.3) is 0 Å². The first-order chi connectivity index (χ1) is 15.6. The van der Waals surface area contributed by atoms with Crippen LogP contribution in [0.1, 0.15) is 80.8 Å². The van der Waals surface area contributed by atoms with Crippen molar-refractivity contribution >= 4 is 28.9 Å². The summed E-state index contributed by atoms with van der Waals surface area (Å²) in [6, 6.07) is 5.60. The van der Waals surface area contributed by atoms with E-state index in [0.29, 0.717) is 24.4 Å². The molecule has 0 saturated heterocycles. The Hall–Kier alpha value is -2.41. The van der Waals surface area contributed by atoms with E-state index in [9.17, 15) is 14.7 Å². The van der Waals surface area contributed by atoms with E-state index in [2.05, 4.69) is 32.7 Å². The predicted molar refractivity (Wildman–Crippen MR) is 130 cm³/mol. The molecule has 4 rings (SSSR count). The van der Waals surface area contributed by atoms with Gasteiger partial charge < -0.3 is 14.7 Å². The molecule has 2 fully saturated rings. The number of carboxylic acids is 1. The minimum absolute atomic E-state index is 0.00474. The molecule has 2 aromatic heterocycles. The second-order valence-corrected chi connectivity index (χ2v) is 11.7. The zero-order valence-corrected chi connectivity index (χ0v) is 20.7. The van der Waals surface area contributed by atoms with Crippen molar-refractivity contribution in [1.82, 2.24) is 4.98 Å². The van der Waals surface area contributed by atoms with Gasteiger partial charge in [0.15, 0.2) is 0 Å². The van der Waals surface area contributed by atoms with Crippen LogP contribution in [0.3, 0.4) is 0 Å². The van der Waals surface area contributed by atoms with Gasteiger partial charge in [0.05, 0.1) is 11.9 Å². The molecule has 0 bridgehead atoms. The maximum atomic E-state index is 13.8. The van der Waals surface area contributed by atoms with Crippen molar-refractivity contribution in [2.75, 3.05) is 4.90 Å². The van der Waals surface area contributed by atoms with Crippen LogP contribution in [-0.4, -0.2) is 34.1 Å². The zero-order valence-electron chi connectivity index (χ0n) is 19.9. The lowest BCUT2D eigenvalue weighted by atomic mass is 9.80. The minimum atomic E-state index is -0.969. The molecule has 0 radical (unpaired) electrons. The van der Waals surface area contributed by atoms with E-state index in [1.54, 1.807) is 12.4 Å². The van der Waals surface area contributed by atoms with Crippen molar-refractivity contribution in [2.45, 2.75) is 83.8 Å². The number of carbonyl (C=O) groups excluding carboxylic acids is 1. The van der Waals surface area contributed by atoms with Crippen LogP contribution in [-0.2, 0) is 10.2 Å². The number of hydrogen-bond donors (Lipinski definition) is 1. The molecule has 1 amide bonds. The van der Waals surface area contributed by atoms with Gasteiger partial charge in [0.25, 0.3) is 0 Å². The molecule has 33 heavy (non-hydrogen) atoms. The van der Waals surface area contributed by atoms with E-state index in [0.717, 1.165) is 36.3 Å². The fourth-order valence-corrected chi connectivity index (χ4v) is 5.78. The molecule has 2 aromatic rings. The van der Waals surface area contributed by atoms with Crippen LogP contribution in [0.2, 0.25) is 0 Å². The lowest BCUT2D eigenvalue weighted by Gasteiger charge is -2.44. The Morgan fingerprint density at radius 1 is 1.18 bits per heavy atom. The quantitative estimate of drug-likeness (QED) is 0.568. The van der Waals surface area contributed by atoms with E-state index in [-0.39, 0.29) is 34.3 Å². The molecule has 0 unspecified atom stereocenters. The molecule has 2 heterocycles. The van der Waals surface area contributed by atoms with E-state index in [4.69, 9.17) is 4.74 Å². The Kier molecular flexibility index (Phi) is 6.80. The zero-order chi connectivity index (χ0) is 23.8. The predicted octanol–water partition coefficient (Wildman–Crippen LogP) is 5.91. The summed E-state index contributed by atoms with van der Waals surface area (Å²) in [5.41, 5.74) is 0.374. The normalized spacial score (nSPS) is 25.2. The average molecular weight is 471 g/mol. The van der Waals surface area contributed by atoms with Gasteiger partial charge in [-0.2, -0.15) is 0 Å². The highest BCUT2D eigenvalue weighted by atomic mass is 32.1. The first kappa shape index (κ1) is 23.7. The summed E-state index contributed by atoms with van der Waals surface area (Å²) in [7, 11) is 0. The molecule has 7 heteroatoms.